The van der Waals surface area contributed by atoms with Gasteiger partial charge in [-0.2, -0.15) is 0 Å². The van der Waals surface area contributed by atoms with Gasteiger partial charge in [0, 0.05) is 27.2 Å². The molecule has 0 aromatic heterocycles. The van der Waals surface area contributed by atoms with Crippen LogP contribution >= 0.6 is 0 Å². The number of benzene rings is 1. The van der Waals surface area contributed by atoms with Crippen molar-refractivity contribution in [1.29, 1.82) is 0 Å². The van der Waals surface area contributed by atoms with Crippen LogP contribution in [0.4, 0.5) is 0 Å². The minimum absolute atomic E-state index is 0.0298. The number of amides is 1. The second-order valence-corrected chi connectivity index (χ2v) is 7.84. The summed E-state index contributed by atoms with van der Waals surface area (Å²) >= 11 is 0. The van der Waals surface area contributed by atoms with Crippen molar-refractivity contribution in [3.05, 3.63) is 29.8 Å². The summed E-state index contributed by atoms with van der Waals surface area (Å²) in [7, 11) is -0.401. The number of rotatable bonds is 5. The molecular weight excluding hydrogens is 302 g/mol. The summed E-state index contributed by atoms with van der Waals surface area (Å²) in [6.07, 6.45) is 1.94. The molecule has 2 rings (SSSR count). The molecule has 2 N–H and O–H groups in total. The Hall–Kier alpha value is -1.44. The average Bonchev–Trinajstić information content (AvgIpc) is 2.53. The van der Waals surface area contributed by atoms with E-state index in [0.717, 1.165) is 31.5 Å². The van der Waals surface area contributed by atoms with Crippen LogP contribution < -0.4 is 10.6 Å². The molecule has 0 bridgehead atoms. The number of piperidine rings is 1. The summed E-state index contributed by atoms with van der Waals surface area (Å²) in [4.78, 5) is 12.3. The van der Waals surface area contributed by atoms with Gasteiger partial charge >= 0.3 is 0 Å². The summed E-state index contributed by atoms with van der Waals surface area (Å²) in [5.74, 6) is 0.0827. The molecule has 0 aliphatic carbocycles. The van der Waals surface area contributed by atoms with Crippen molar-refractivity contribution in [2.45, 2.75) is 24.3 Å². The van der Waals surface area contributed by atoms with Crippen molar-refractivity contribution < 1.29 is 13.2 Å². The quantitative estimate of drug-likeness (QED) is 0.829. The van der Waals surface area contributed by atoms with Crippen molar-refractivity contribution in [2.24, 2.45) is 5.92 Å². The lowest BCUT2D eigenvalue weighted by molar-refractivity contribution is -0.125. The minimum Gasteiger partial charge on any atom is -0.352 e. The van der Waals surface area contributed by atoms with Crippen molar-refractivity contribution in [3.63, 3.8) is 0 Å². The summed E-state index contributed by atoms with van der Waals surface area (Å²) in [6, 6.07) is 6.60. The van der Waals surface area contributed by atoms with Crippen LogP contribution in [0.3, 0.4) is 0 Å². The molecule has 1 aromatic rings. The molecule has 7 heteroatoms. The van der Waals surface area contributed by atoms with E-state index in [-0.39, 0.29) is 16.7 Å². The Morgan fingerprint density at radius 1 is 1.32 bits per heavy atom. The van der Waals surface area contributed by atoms with E-state index < -0.39 is 10.0 Å². The van der Waals surface area contributed by atoms with Gasteiger partial charge in [0.2, 0.25) is 15.9 Å². The van der Waals surface area contributed by atoms with Crippen molar-refractivity contribution in [1.82, 2.24) is 14.9 Å². The van der Waals surface area contributed by atoms with Gasteiger partial charge in [-0.3, -0.25) is 4.79 Å². The summed E-state index contributed by atoms with van der Waals surface area (Å²) in [5.41, 5.74) is 0.884. The van der Waals surface area contributed by atoms with Crippen LogP contribution in [0.15, 0.2) is 29.2 Å². The van der Waals surface area contributed by atoms with E-state index in [0.29, 0.717) is 6.54 Å². The van der Waals surface area contributed by atoms with E-state index in [9.17, 15) is 13.2 Å². The molecule has 122 valence electrons. The monoisotopic (exact) mass is 325 g/mol. The molecule has 0 radical (unpaired) electrons. The fraction of sp³-hybridized carbons (Fsp3) is 0.533. The highest BCUT2D eigenvalue weighted by Crippen LogP contribution is 2.14. The van der Waals surface area contributed by atoms with Crippen LogP contribution in [-0.4, -0.2) is 45.8 Å². The number of carbonyl (C=O) groups excluding carboxylic acids is 1. The number of nitrogens with one attached hydrogen (secondary N) is 2. The fourth-order valence-electron chi connectivity index (χ4n) is 2.40. The lowest BCUT2D eigenvalue weighted by atomic mass is 9.99. The minimum atomic E-state index is -3.40. The topological polar surface area (TPSA) is 78.5 Å². The zero-order valence-corrected chi connectivity index (χ0v) is 13.8. The number of sulfonamides is 1. The molecule has 1 fully saturated rings. The van der Waals surface area contributed by atoms with E-state index in [1.54, 1.807) is 24.3 Å². The maximum Gasteiger partial charge on any atom is 0.242 e. The molecule has 1 heterocycles. The highest BCUT2D eigenvalue weighted by Gasteiger charge is 2.20. The summed E-state index contributed by atoms with van der Waals surface area (Å²) < 4.78 is 25.1. The van der Waals surface area contributed by atoms with Crippen LogP contribution in [0.2, 0.25) is 0 Å². The van der Waals surface area contributed by atoms with Crippen LogP contribution in [0.5, 0.6) is 0 Å². The SMILES string of the molecule is CN(C)S(=O)(=O)c1ccc(CNC(=O)C2CCCNC2)cc1. The molecule has 1 saturated heterocycles. The van der Waals surface area contributed by atoms with Crippen molar-refractivity contribution in [3.8, 4) is 0 Å². The molecule has 1 atom stereocenters. The number of hydrogen-bond donors (Lipinski definition) is 2. The Bertz CT molecular complexity index is 605. The van der Waals surface area contributed by atoms with Gasteiger partial charge in [-0.25, -0.2) is 12.7 Å². The second-order valence-electron chi connectivity index (χ2n) is 5.69. The average molecular weight is 325 g/mol. The number of carbonyl (C=O) groups is 1. The van der Waals surface area contributed by atoms with Crippen molar-refractivity contribution in [2.75, 3.05) is 27.2 Å². The third-order valence-electron chi connectivity index (χ3n) is 3.84. The highest BCUT2D eigenvalue weighted by atomic mass is 32.2. The van der Waals surface area contributed by atoms with Crippen molar-refractivity contribution >= 4 is 15.9 Å². The molecule has 0 spiro atoms. The van der Waals surface area contributed by atoms with E-state index in [4.69, 9.17) is 0 Å². The van der Waals surface area contributed by atoms with Gasteiger partial charge in [0.1, 0.15) is 0 Å². The van der Waals surface area contributed by atoms with Crippen LogP contribution in [0.25, 0.3) is 0 Å². The van der Waals surface area contributed by atoms with E-state index in [1.807, 2.05) is 0 Å². The smallest absolute Gasteiger partial charge is 0.242 e. The van der Waals surface area contributed by atoms with E-state index in [1.165, 1.54) is 18.4 Å². The largest absolute Gasteiger partial charge is 0.352 e. The Balaban J connectivity index is 1.93. The molecule has 22 heavy (non-hydrogen) atoms. The second kappa shape index (κ2) is 7.21. The summed E-state index contributed by atoms with van der Waals surface area (Å²) in [6.45, 7) is 2.12. The van der Waals surface area contributed by atoms with Crippen LogP contribution in [-0.2, 0) is 21.4 Å². The summed E-state index contributed by atoms with van der Waals surface area (Å²) in [5, 5.41) is 6.13. The predicted molar refractivity (Wildman–Crippen MR) is 84.8 cm³/mol. The van der Waals surface area contributed by atoms with Gasteiger partial charge in [0.05, 0.1) is 10.8 Å². The zero-order valence-electron chi connectivity index (χ0n) is 13.0. The predicted octanol–water partition coefficient (Wildman–Crippen LogP) is 0.553. The van der Waals surface area contributed by atoms with Gasteiger partial charge in [-0.15, -0.1) is 0 Å². The van der Waals surface area contributed by atoms with Gasteiger partial charge < -0.3 is 10.6 Å². The molecule has 1 aliphatic rings. The van der Waals surface area contributed by atoms with Gasteiger partial charge in [0.15, 0.2) is 0 Å². The molecule has 1 aliphatic heterocycles. The van der Waals surface area contributed by atoms with E-state index >= 15 is 0 Å². The number of hydrogen-bond acceptors (Lipinski definition) is 4. The lowest BCUT2D eigenvalue weighted by Crippen LogP contribution is -2.40. The third-order valence-corrected chi connectivity index (χ3v) is 5.67. The maximum absolute atomic E-state index is 12.0. The molecular formula is C15H23N3O3S. The Labute approximate surface area is 131 Å². The standard InChI is InChI=1S/C15H23N3O3S/c1-18(2)22(20,21)14-7-5-12(6-8-14)10-17-15(19)13-4-3-9-16-11-13/h5-8,13,16H,3-4,9-11H2,1-2H3,(H,17,19). The van der Waals surface area contributed by atoms with Gasteiger partial charge in [-0.05, 0) is 37.1 Å². The highest BCUT2D eigenvalue weighted by molar-refractivity contribution is 7.89. The molecule has 6 nitrogen and oxygen atoms in total. The Morgan fingerprint density at radius 2 is 2.00 bits per heavy atom. The first kappa shape index (κ1) is 16.9. The van der Waals surface area contributed by atoms with E-state index in [2.05, 4.69) is 10.6 Å². The number of nitrogens with zero attached hydrogens (tertiary/aromatic N) is 1. The molecule has 1 aromatic carbocycles. The lowest BCUT2D eigenvalue weighted by Gasteiger charge is -2.21. The Morgan fingerprint density at radius 3 is 2.55 bits per heavy atom. The van der Waals surface area contributed by atoms with Crippen LogP contribution in [0, 0.1) is 5.92 Å². The molecule has 0 saturated carbocycles. The maximum atomic E-state index is 12.0. The normalized spacial score (nSPS) is 19.1. The molecule has 1 unspecified atom stereocenters. The van der Waals surface area contributed by atoms with Gasteiger partial charge in [0.25, 0.3) is 0 Å². The van der Waals surface area contributed by atoms with Crippen LogP contribution in [0.1, 0.15) is 18.4 Å². The molecule has 1 amide bonds. The first-order chi connectivity index (χ1) is 10.4. The van der Waals surface area contributed by atoms with Gasteiger partial charge in [-0.1, -0.05) is 12.1 Å². The first-order valence-corrected chi connectivity index (χ1v) is 8.85. The Kier molecular flexibility index (Phi) is 5.55. The third kappa shape index (κ3) is 4.06. The zero-order chi connectivity index (χ0) is 16.2. The first-order valence-electron chi connectivity index (χ1n) is 7.41. The fourth-order valence-corrected chi connectivity index (χ4v) is 3.30.